The minimum absolute atomic E-state index is 0.0878. The molecule has 0 spiro atoms. The molecular weight excluding hydrogens is 593 g/mol. The van der Waals surface area contributed by atoms with Gasteiger partial charge in [0.15, 0.2) is 0 Å². The molecule has 0 rings (SSSR count). The van der Waals surface area contributed by atoms with Gasteiger partial charge in [-0.15, -0.1) is 0 Å². The SMILES string of the molecule is CCCCCCCCCCCCCCCCCCCC(=O)NCCOP(=O)(O)OCC(O)COC(=O)CCCCCCCCC. The van der Waals surface area contributed by atoms with Gasteiger partial charge in [0.1, 0.15) is 12.7 Å². The number of esters is 1. The highest BCUT2D eigenvalue weighted by Crippen LogP contribution is 2.42. The summed E-state index contributed by atoms with van der Waals surface area (Å²) in [6.07, 6.45) is 29.1. The molecule has 10 heteroatoms. The average molecular weight is 664 g/mol. The topological polar surface area (TPSA) is 131 Å². The Hall–Kier alpha value is -0.990. The minimum Gasteiger partial charge on any atom is -0.463 e. The molecule has 0 heterocycles. The Morgan fingerprint density at radius 3 is 1.44 bits per heavy atom. The number of hydrogen-bond donors (Lipinski definition) is 3. The Bertz CT molecular complexity index is 724. The van der Waals surface area contributed by atoms with E-state index in [2.05, 4.69) is 19.2 Å². The molecule has 9 nitrogen and oxygen atoms in total. The highest BCUT2D eigenvalue weighted by molar-refractivity contribution is 7.47. The van der Waals surface area contributed by atoms with Crippen LogP contribution in [0.4, 0.5) is 0 Å². The summed E-state index contributed by atoms with van der Waals surface area (Å²) in [5, 5.41) is 12.6. The van der Waals surface area contributed by atoms with Gasteiger partial charge < -0.3 is 20.1 Å². The molecular formula is C35H70NO8P. The first kappa shape index (κ1) is 44.0. The van der Waals surface area contributed by atoms with Gasteiger partial charge in [0, 0.05) is 19.4 Å². The highest BCUT2D eigenvalue weighted by Gasteiger charge is 2.23. The summed E-state index contributed by atoms with van der Waals surface area (Å²) in [5.41, 5.74) is 0. The smallest absolute Gasteiger partial charge is 0.463 e. The number of aliphatic hydroxyl groups is 1. The number of hydrogen-bond acceptors (Lipinski definition) is 7. The van der Waals surface area contributed by atoms with Crippen molar-refractivity contribution in [3.63, 3.8) is 0 Å². The van der Waals surface area contributed by atoms with Crippen molar-refractivity contribution in [2.75, 3.05) is 26.4 Å². The largest absolute Gasteiger partial charge is 0.472 e. The van der Waals surface area contributed by atoms with Gasteiger partial charge in [-0.05, 0) is 12.8 Å². The first-order valence-corrected chi connectivity index (χ1v) is 20.0. The number of amides is 1. The second kappa shape index (κ2) is 32.9. The Morgan fingerprint density at radius 2 is 1.00 bits per heavy atom. The Balaban J connectivity index is 3.55. The van der Waals surface area contributed by atoms with E-state index in [9.17, 15) is 24.2 Å². The fraction of sp³-hybridized carbons (Fsp3) is 0.943. The van der Waals surface area contributed by atoms with Gasteiger partial charge in [-0.3, -0.25) is 18.6 Å². The zero-order valence-electron chi connectivity index (χ0n) is 29.1. The predicted molar refractivity (Wildman–Crippen MR) is 183 cm³/mol. The van der Waals surface area contributed by atoms with Crippen molar-refractivity contribution >= 4 is 19.7 Å². The third kappa shape index (κ3) is 34.2. The highest BCUT2D eigenvalue weighted by atomic mass is 31.2. The maximum atomic E-state index is 12.0. The number of rotatable bonds is 35. The fourth-order valence-electron chi connectivity index (χ4n) is 5.20. The lowest BCUT2D eigenvalue weighted by molar-refractivity contribution is -0.147. The number of carbonyl (C=O) groups excluding carboxylic acids is 2. The maximum Gasteiger partial charge on any atom is 0.472 e. The van der Waals surface area contributed by atoms with Gasteiger partial charge in [-0.2, -0.15) is 0 Å². The van der Waals surface area contributed by atoms with Crippen LogP contribution in [0.3, 0.4) is 0 Å². The molecule has 268 valence electrons. The molecule has 0 aromatic heterocycles. The van der Waals surface area contributed by atoms with Crippen LogP contribution in [-0.2, 0) is 27.9 Å². The molecule has 3 N–H and O–H groups in total. The third-order valence-electron chi connectivity index (χ3n) is 8.04. The molecule has 0 aromatic rings. The van der Waals surface area contributed by atoms with E-state index in [0.29, 0.717) is 6.42 Å². The van der Waals surface area contributed by atoms with E-state index in [0.717, 1.165) is 38.5 Å². The summed E-state index contributed by atoms with van der Waals surface area (Å²) in [6, 6.07) is 0. The molecule has 0 aliphatic heterocycles. The molecule has 1 amide bonds. The molecule has 2 unspecified atom stereocenters. The summed E-state index contributed by atoms with van der Waals surface area (Å²) in [5.74, 6) is -0.515. The molecule has 0 aromatic carbocycles. The fourth-order valence-corrected chi connectivity index (χ4v) is 5.96. The molecule has 0 radical (unpaired) electrons. The monoisotopic (exact) mass is 663 g/mol. The van der Waals surface area contributed by atoms with Gasteiger partial charge in [-0.1, -0.05) is 155 Å². The van der Waals surface area contributed by atoms with E-state index in [-0.39, 0.29) is 32.1 Å². The zero-order chi connectivity index (χ0) is 33.3. The van der Waals surface area contributed by atoms with Crippen LogP contribution in [0.15, 0.2) is 0 Å². The van der Waals surface area contributed by atoms with Crippen LogP contribution in [0.25, 0.3) is 0 Å². The van der Waals surface area contributed by atoms with Gasteiger partial charge in [0.25, 0.3) is 0 Å². The number of phosphoric acid groups is 1. The lowest BCUT2D eigenvalue weighted by atomic mass is 10.0. The normalized spacial score (nSPS) is 13.4. The summed E-state index contributed by atoms with van der Waals surface area (Å²) in [4.78, 5) is 33.6. The second-order valence-electron chi connectivity index (χ2n) is 12.6. The summed E-state index contributed by atoms with van der Waals surface area (Å²) < 4.78 is 26.6. The molecule has 0 aliphatic rings. The Kier molecular flexibility index (Phi) is 32.2. The predicted octanol–water partition coefficient (Wildman–Crippen LogP) is 9.32. The quantitative estimate of drug-likeness (QED) is 0.0347. The van der Waals surface area contributed by atoms with E-state index >= 15 is 0 Å². The minimum atomic E-state index is -4.40. The number of phosphoric ester groups is 1. The van der Waals surface area contributed by atoms with Crippen LogP contribution < -0.4 is 5.32 Å². The summed E-state index contributed by atoms with van der Waals surface area (Å²) in [6.45, 7) is 3.51. The van der Waals surface area contributed by atoms with E-state index in [1.54, 1.807) is 0 Å². The van der Waals surface area contributed by atoms with E-state index in [1.165, 1.54) is 116 Å². The number of unbranched alkanes of at least 4 members (excludes halogenated alkanes) is 22. The Labute approximate surface area is 275 Å². The molecule has 45 heavy (non-hydrogen) atoms. The van der Waals surface area contributed by atoms with Crippen molar-refractivity contribution in [1.82, 2.24) is 5.32 Å². The van der Waals surface area contributed by atoms with Crippen LogP contribution in [0.2, 0.25) is 0 Å². The van der Waals surface area contributed by atoms with Gasteiger partial charge in [0.2, 0.25) is 5.91 Å². The molecule has 0 saturated carbocycles. The van der Waals surface area contributed by atoms with E-state index in [4.69, 9.17) is 13.8 Å². The van der Waals surface area contributed by atoms with Crippen molar-refractivity contribution < 1.29 is 37.9 Å². The van der Waals surface area contributed by atoms with Gasteiger partial charge in [0.05, 0.1) is 13.2 Å². The summed E-state index contributed by atoms with van der Waals surface area (Å²) in [7, 11) is -4.40. The number of nitrogens with one attached hydrogen (secondary N) is 1. The average Bonchev–Trinajstić information content (AvgIpc) is 3.02. The third-order valence-corrected chi connectivity index (χ3v) is 9.02. The lowest BCUT2D eigenvalue weighted by Gasteiger charge is -2.15. The summed E-state index contributed by atoms with van der Waals surface area (Å²) >= 11 is 0. The van der Waals surface area contributed by atoms with Crippen molar-refractivity contribution in [3.8, 4) is 0 Å². The molecule has 0 fully saturated rings. The standard InChI is InChI=1S/C35H70NO8P/c1-3-5-7-9-11-12-13-14-15-16-17-18-19-20-22-23-25-27-34(38)36-29-30-43-45(40,41)44-32-33(37)31-42-35(39)28-26-24-21-10-8-6-4-2/h33,37H,3-32H2,1-2H3,(H,36,38)(H,40,41). The van der Waals surface area contributed by atoms with Crippen LogP contribution in [0.5, 0.6) is 0 Å². The van der Waals surface area contributed by atoms with Gasteiger partial charge >= 0.3 is 13.8 Å². The maximum absolute atomic E-state index is 12.0. The van der Waals surface area contributed by atoms with Crippen LogP contribution >= 0.6 is 7.82 Å². The zero-order valence-corrected chi connectivity index (χ0v) is 30.0. The van der Waals surface area contributed by atoms with Crippen molar-refractivity contribution in [2.24, 2.45) is 0 Å². The van der Waals surface area contributed by atoms with E-state index in [1.807, 2.05) is 0 Å². The molecule has 0 aliphatic carbocycles. The first-order valence-electron chi connectivity index (χ1n) is 18.5. The van der Waals surface area contributed by atoms with Crippen LogP contribution in [-0.4, -0.2) is 54.3 Å². The van der Waals surface area contributed by atoms with Crippen molar-refractivity contribution in [2.45, 2.75) is 187 Å². The first-order chi connectivity index (χ1) is 21.8. The second-order valence-corrected chi connectivity index (χ2v) is 14.0. The number of ether oxygens (including phenoxy) is 1. The molecule has 0 bridgehead atoms. The number of aliphatic hydroxyl groups excluding tert-OH is 1. The van der Waals surface area contributed by atoms with Crippen molar-refractivity contribution in [3.05, 3.63) is 0 Å². The van der Waals surface area contributed by atoms with E-state index < -0.39 is 26.5 Å². The molecule has 2 atom stereocenters. The van der Waals surface area contributed by atoms with Gasteiger partial charge in [-0.25, -0.2) is 4.57 Å². The molecule has 0 saturated heterocycles. The van der Waals surface area contributed by atoms with Crippen molar-refractivity contribution in [1.29, 1.82) is 0 Å². The number of carbonyl (C=O) groups is 2. The lowest BCUT2D eigenvalue weighted by Crippen LogP contribution is -2.27. The Morgan fingerprint density at radius 1 is 0.600 bits per heavy atom. The van der Waals surface area contributed by atoms with Crippen LogP contribution in [0, 0.1) is 0 Å². The van der Waals surface area contributed by atoms with Crippen LogP contribution in [0.1, 0.15) is 181 Å².